The Morgan fingerprint density at radius 1 is 1.09 bits per heavy atom. The zero-order chi connectivity index (χ0) is 23.5. The van der Waals surface area contributed by atoms with Gasteiger partial charge in [-0.1, -0.05) is 61.7 Å². The number of carbonyl (C=O) groups is 2. The third-order valence-electron chi connectivity index (χ3n) is 6.19. The van der Waals surface area contributed by atoms with Crippen molar-refractivity contribution < 1.29 is 9.59 Å². The van der Waals surface area contributed by atoms with Gasteiger partial charge in [-0.25, -0.2) is 0 Å². The Bertz CT molecular complexity index is 869. The number of hydrogen-bond donors (Lipinski definition) is 1. The molecule has 0 aromatic heterocycles. The van der Waals surface area contributed by atoms with E-state index in [2.05, 4.69) is 17.4 Å². The molecule has 0 heterocycles. The molecule has 3 rings (SSSR count). The van der Waals surface area contributed by atoms with Crippen molar-refractivity contribution in [3.63, 3.8) is 0 Å². The van der Waals surface area contributed by atoms with Crippen molar-refractivity contribution in [1.82, 2.24) is 10.2 Å². The number of halogens is 1. The predicted molar refractivity (Wildman–Crippen MR) is 138 cm³/mol. The molecule has 1 saturated carbocycles. The summed E-state index contributed by atoms with van der Waals surface area (Å²) in [6.45, 7) is 2.56. The molecule has 0 radical (unpaired) electrons. The lowest BCUT2D eigenvalue weighted by molar-refractivity contribution is -0.141. The van der Waals surface area contributed by atoms with Crippen molar-refractivity contribution in [2.45, 2.75) is 75.3 Å². The van der Waals surface area contributed by atoms with E-state index in [9.17, 15) is 9.59 Å². The van der Waals surface area contributed by atoms with Crippen LogP contribution < -0.4 is 5.32 Å². The lowest BCUT2D eigenvalue weighted by Gasteiger charge is -2.31. The Labute approximate surface area is 207 Å². The highest BCUT2D eigenvalue weighted by atomic mass is 35.5. The molecule has 2 aromatic rings. The zero-order valence-electron chi connectivity index (χ0n) is 19.5. The van der Waals surface area contributed by atoms with Crippen LogP contribution >= 0.6 is 23.4 Å². The van der Waals surface area contributed by atoms with Gasteiger partial charge in [-0.05, 0) is 67.7 Å². The lowest BCUT2D eigenvalue weighted by atomic mass is 10.1. The van der Waals surface area contributed by atoms with E-state index >= 15 is 0 Å². The van der Waals surface area contributed by atoms with Crippen molar-refractivity contribution >= 4 is 35.2 Å². The minimum Gasteiger partial charge on any atom is -0.352 e. The normalized spacial score (nSPS) is 14.7. The van der Waals surface area contributed by atoms with Crippen molar-refractivity contribution in [3.05, 3.63) is 65.2 Å². The summed E-state index contributed by atoms with van der Waals surface area (Å²) in [5.41, 5.74) is 1.18. The van der Waals surface area contributed by atoms with Crippen LogP contribution in [0, 0.1) is 0 Å². The second-order valence-corrected chi connectivity index (χ2v) is 10.2. The van der Waals surface area contributed by atoms with E-state index in [1.807, 2.05) is 54.3 Å². The molecule has 33 heavy (non-hydrogen) atoms. The van der Waals surface area contributed by atoms with Gasteiger partial charge in [0.05, 0.1) is 0 Å². The maximum atomic E-state index is 13.3. The standard InChI is InChI=1S/C27H35ClN2O2S/c1-2-25(27(32)29-23-11-6-7-12-23)30(19-18-21-9-4-3-5-10-21)26(31)13-8-20-33-24-16-14-22(28)15-17-24/h3-5,9-10,14-17,23,25H,2,6-8,11-13,18-20H2,1H3,(H,29,32)/t25-/m1/s1. The van der Waals surface area contributed by atoms with Crippen LogP contribution in [0.15, 0.2) is 59.5 Å². The SMILES string of the molecule is CC[C@H](C(=O)NC1CCCC1)N(CCc1ccccc1)C(=O)CCCSc1ccc(Cl)cc1. The molecular formula is C27H35ClN2O2S. The van der Waals surface area contributed by atoms with Gasteiger partial charge in [0.1, 0.15) is 6.04 Å². The molecule has 1 N–H and O–H groups in total. The number of nitrogens with zero attached hydrogens (tertiary/aromatic N) is 1. The largest absolute Gasteiger partial charge is 0.352 e. The molecule has 6 heteroatoms. The number of benzene rings is 2. The van der Waals surface area contributed by atoms with Gasteiger partial charge in [0.15, 0.2) is 0 Å². The van der Waals surface area contributed by atoms with Crippen molar-refractivity contribution in [2.24, 2.45) is 0 Å². The van der Waals surface area contributed by atoms with Gasteiger partial charge in [-0.3, -0.25) is 9.59 Å². The van der Waals surface area contributed by atoms with Crippen LogP contribution in [0.5, 0.6) is 0 Å². The maximum absolute atomic E-state index is 13.3. The van der Waals surface area contributed by atoms with Crippen LogP contribution in [0.2, 0.25) is 5.02 Å². The van der Waals surface area contributed by atoms with E-state index in [0.717, 1.165) is 41.4 Å². The van der Waals surface area contributed by atoms with Crippen molar-refractivity contribution in [3.8, 4) is 0 Å². The number of carbonyl (C=O) groups excluding carboxylic acids is 2. The summed E-state index contributed by atoms with van der Waals surface area (Å²) >= 11 is 7.68. The van der Waals surface area contributed by atoms with E-state index in [1.165, 1.54) is 18.4 Å². The summed E-state index contributed by atoms with van der Waals surface area (Å²) < 4.78 is 0. The van der Waals surface area contributed by atoms with Gasteiger partial charge in [0.2, 0.25) is 11.8 Å². The molecule has 0 unspecified atom stereocenters. The van der Waals surface area contributed by atoms with E-state index in [4.69, 9.17) is 11.6 Å². The molecule has 2 aromatic carbocycles. The Morgan fingerprint density at radius 2 is 1.79 bits per heavy atom. The van der Waals surface area contributed by atoms with Crippen LogP contribution in [0.1, 0.15) is 57.4 Å². The minimum atomic E-state index is -0.411. The van der Waals surface area contributed by atoms with Gasteiger partial charge in [-0.15, -0.1) is 11.8 Å². The monoisotopic (exact) mass is 486 g/mol. The van der Waals surface area contributed by atoms with Gasteiger partial charge < -0.3 is 10.2 Å². The third-order valence-corrected chi connectivity index (χ3v) is 7.54. The predicted octanol–water partition coefficient (Wildman–Crippen LogP) is 6.12. The van der Waals surface area contributed by atoms with Gasteiger partial charge in [0.25, 0.3) is 0 Å². The van der Waals surface area contributed by atoms with E-state index in [0.29, 0.717) is 19.4 Å². The number of nitrogens with one attached hydrogen (secondary N) is 1. The van der Waals surface area contributed by atoms with Gasteiger partial charge >= 0.3 is 0 Å². The minimum absolute atomic E-state index is 0.00125. The molecule has 1 atom stereocenters. The molecule has 2 amide bonds. The Balaban J connectivity index is 1.59. The maximum Gasteiger partial charge on any atom is 0.243 e. The second kappa shape index (κ2) is 13.7. The van der Waals surface area contributed by atoms with Gasteiger partial charge in [-0.2, -0.15) is 0 Å². The van der Waals surface area contributed by atoms with Crippen molar-refractivity contribution in [2.75, 3.05) is 12.3 Å². The number of hydrogen-bond acceptors (Lipinski definition) is 3. The highest BCUT2D eigenvalue weighted by Crippen LogP contribution is 2.22. The first-order chi connectivity index (χ1) is 16.1. The molecule has 0 saturated heterocycles. The van der Waals surface area contributed by atoms with Crippen LogP contribution in [-0.4, -0.2) is 41.1 Å². The summed E-state index contributed by atoms with van der Waals surface area (Å²) in [6.07, 6.45) is 7.02. The molecule has 1 fully saturated rings. The number of rotatable bonds is 12. The average Bonchev–Trinajstić information content (AvgIpc) is 3.34. The first-order valence-corrected chi connectivity index (χ1v) is 13.4. The summed E-state index contributed by atoms with van der Waals surface area (Å²) in [6, 6.07) is 17.8. The number of amides is 2. The Kier molecular flexibility index (Phi) is 10.6. The van der Waals surface area contributed by atoms with E-state index in [1.54, 1.807) is 11.8 Å². The lowest BCUT2D eigenvalue weighted by Crippen LogP contribution is -2.51. The van der Waals surface area contributed by atoms with Crippen LogP contribution in [0.25, 0.3) is 0 Å². The molecule has 0 spiro atoms. The quantitative estimate of drug-likeness (QED) is 0.290. The first kappa shape index (κ1) is 25.6. The molecule has 0 bridgehead atoms. The van der Waals surface area contributed by atoms with E-state index < -0.39 is 6.04 Å². The molecular weight excluding hydrogens is 452 g/mol. The third kappa shape index (κ3) is 8.38. The Morgan fingerprint density at radius 3 is 2.45 bits per heavy atom. The van der Waals surface area contributed by atoms with Crippen LogP contribution in [0.3, 0.4) is 0 Å². The summed E-state index contributed by atoms with van der Waals surface area (Å²) in [5.74, 6) is 0.919. The molecule has 0 aliphatic heterocycles. The highest BCUT2D eigenvalue weighted by Gasteiger charge is 2.29. The fraction of sp³-hybridized carbons (Fsp3) is 0.481. The second-order valence-electron chi connectivity index (χ2n) is 8.64. The Hall–Kier alpha value is -1.98. The van der Waals surface area contributed by atoms with Crippen LogP contribution in [0.4, 0.5) is 0 Å². The fourth-order valence-corrected chi connectivity index (χ4v) is 5.33. The summed E-state index contributed by atoms with van der Waals surface area (Å²) in [5, 5.41) is 3.94. The van der Waals surface area contributed by atoms with E-state index in [-0.39, 0.29) is 17.9 Å². The molecule has 1 aliphatic rings. The fourth-order valence-electron chi connectivity index (χ4n) is 4.35. The number of thioether (sulfide) groups is 1. The van der Waals surface area contributed by atoms with Gasteiger partial charge in [0, 0.05) is 28.9 Å². The average molecular weight is 487 g/mol. The summed E-state index contributed by atoms with van der Waals surface area (Å²) in [4.78, 5) is 29.4. The molecule has 1 aliphatic carbocycles. The molecule has 4 nitrogen and oxygen atoms in total. The van der Waals surface area contributed by atoms with Crippen molar-refractivity contribution in [1.29, 1.82) is 0 Å². The smallest absolute Gasteiger partial charge is 0.243 e. The zero-order valence-corrected chi connectivity index (χ0v) is 21.0. The highest BCUT2D eigenvalue weighted by molar-refractivity contribution is 7.99. The topological polar surface area (TPSA) is 49.4 Å². The van der Waals surface area contributed by atoms with Crippen LogP contribution in [-0.2, 0) is 16.0 Å². The first-order valence-electron chi connectivity index (χ1n) is 12.1. The summed E-state index contributed by atoms with van der Waals surface area (Å²) in [7, 11) is 0. The molecule has 178 valence electrons.